The first-order chi connectivity index (χ1) is 17.1. The first-order valence-electron chi connectivity index (χ1n) is 11.8. The maximum absolute atomic E-state index is 12.2. The van der Waals surface area contributed by atoms with Crippen molar-refractivity contribution in [2.75, 3.05) is 13.2 Å². The van der Waals surface area contributed by atoms with Gasteiger partial charge in [0.05, 0.1) is 13.2 Å². The normalized spacial score (nSPS) is 10.6. The molecule has 0 unspecified atom stereocenters. The number of amides is 1. The van der Waals surface area contributed by atoms with Crippen molar-refractivity contribution in [2.24, 2.45) is 0 Å². The van der Waals surface area contributed by atoms with E-state index in [0.717, 1.165) is 33.4 Å². The van der Waals surface area contributed by atoms with Crippen LogP contribution in [0.4, 0.5) is 4.79 Å². The van der Waals surface area contributed by atoms with Crippen LogP contribution in [-0.2, 0) is 46.7 Å². The zero-order valence-electron chi connectivity index (χ0n) is 20.0. The predicted molar refractivity (Wildman–Crippen MR) is 133 cm³/mol. The summed E-state index contributed by atoms with van der Waals surface area (Å²) in [5.74, 6) is -0.251. The van der Waals surface area contributed by atoms with Crippen molar-refractivity contribution in [1.82, 2.24) is 10.3 Å². The lowest BCUT2D eigenvalue weighted by molar-refractivity contribution is -0.143. The summed E-state index contributed by atoms with van der Waals surface area (Å²) >= 11 is 0. The molecular formula is C28H32N2O5. The number of ether oxygens (including phenoxy) is 2. The minimum Gasteiger partial charge on any atom is -0.466 e. The monoisotopic (exact) mass is 476 g/mol. The first kappa shape index (κ1) is 25.9. The molecule has 0 saturated carbocycles. The number of rotatable bonds is 12. The van der Waals surface area contributed by atoms with Crippen molar-refractivity contribution in [3.63, 3.8) is 0 Å². The van der Waals surface area contributed by atoms with E-state index in [4.69, 9.17) is 9.47 Å². The predicted octanol–water partition coefficient (Wildman–Crippen LogP) is 4.13. The number of carbonyl (C=O) groups is 2. The van der Waals surface area contributed by atoms with Crippen molar-refractivity contribution >= 4 is 12.1 Å². The van der Waals surface area contributed by atoms with E-state index in [1.54, 1.807) is 13.1 Å². The van der Waals surface area contributed by atoms with E-state index in [2.05, 4.69) is 10.3 Å². The second kappa shape index (κ2) is 13.9. The van der Waals surface area contributed by atoms with Gasteiger partial charge in [-0.25, -0.2) is 4.79 Å². The standard InChI is InChI=1S/C28H32N2O5/c1-2-34-27(32)11-10-24-15-23(19-31)16-25(26(24)17-22-9-6-13-29-18-22)12-14-30-28(33)35-20-21-7-4-3-5-8-21/h3-9,13,15-16,18,31H,2,10-12,14,17,19-20H2,1H3,(H,30,33). The number of esters is 1. The van der Waals surface area contributed by atoms with Gasteiger partial charge in [0, 0.05) is 25.4 Å². The van der Waals surface area contributed by atoms with Crippen LogP contribution >= 0.6 is 0 Å². The smallest absolute Gasteiger partial charge is 0.407 e. The summed E-state index contributed by atoms with van der Waals surface area (Å²) < 4.78 is 10.4. The fourth-order valence-corrected chi connectivity index (χ4v) is 3.88. The largest absolute Gasteiger partial charge is 0.466 e. The maximum Gasteiger partial charge on any atom is 0.407 e. The van der Waals surface area contributed by atoms with E-state index in [9.17, 15) is 14.7 Å². The van der Waals surface area contributed by atoms with Crippen LogP contribution in [0.25, 0.3) is 0 Å². The van der Waals surface area contributed by atoms with Gasteiger partial charge in [0.2, 0.25) is 0 Å². The molecule has 1 heterocycles. The lowest BCUT2D eigenvalue weighted by atomic mass is 9.89. The van der Waals surface area contributed by atoms with Crippen molar-refractivity contribution in [3.8, 4) is 0 Å². The molecule has 0 aliphatic carbocycles. The van der Waals surface area contributed by atoms with Gasteiger partial charge in [-0.15, -0.1) is 0 Å². The molecule has 0 saturated heterocycles. The molecular weight excluding hydrogens is 444 g/mol. The molecule has 2 N–H and O–H groups in total. The SMILES string of the molecule is CCOC(=O)CCc1cc(CO)cc(CCNC(=O)OCc2ccccc2)c1Cc1cccnc1. The summed E-state index contributed by atoms with van der Waals surface area (Å²) in [5, 5.41) is 12.6. The van der Waals surface area contributed by atoms with E-state index < -0.39 is 6.09 Å². The van der Waals surface area contributed by atoms with Gasteiger partial charge in [-0.2, -0.15) is 0 Å². The molecule has 1 aromatic heterocycles. The number of hydrogen-bond acceptors (Lipinski definition) is 6. The zero-order chi connectivity index (χ0) is 24.9. The van der Waals surface area contributed by atoms with Gasteiger partial charge in [-0.3, -0.25) is 9.78 Å². The second-order valence-corrected chi connectivity index (χ2v) is 8.13. The number of carbonyl (C=O) groups excluding carboxylic acids is 2. The molecule has 0 spiro atoms. The number of pyridine rings is 1. The average Bonchev–Trinajstić information content (AvgIpc) is 2.88. The lowest BCUT2D eigenvalue weighted by Crippen LogP contribution is -2.26. The second-order valence-electron chi connectivity index (χ2n) is 8.13. The highest BCUT2D eigenvalue weighted by molar-refractivity contribution is 5.70. The molecule has 3 aromatic rings. The molecule has 2 aromatic carbocycles. The van der Waals surface area contributed by atoms with E-state index in [-0.39, 0.29) is 25.6 Å². The third-order valence-electron chi connectivity index (χ3n) is 5.56. The van der Waals surface area contributed by atoms with E-state index >= 15 is 0 Å². The summed E-state index contributed by atoms with van der Waals surface area (Å²) in [4.78, 5) is 28.4. The van der Waals surface area contributed by atoms with Crippen LogP contribution in [0.15, 0.2) is 67.0 Å². The molecule has 0 aliphatic heterocycles. The number of hydrogen-bond donors (Lipinski definition) is 2. The van der Waals surface area contributed by atoms with Crippen LogP contribution in [0.1, 0.15) is 46.7 Å². The van der Waals surface area contributed by atoms with Gasteiger partial charge >= 0.3 is 12.1 Å². The third-order valence-corrected chi connectivity index (χ3v) is 5.56. The Morgan fingerprint density at radius 2 is 1.69 bits per heavy atom. The Hall–Kier alpha value is -3.71. The van der Waals surface area contributed by atoms with Crippen LogP contribution in [0.5, 0.6) is 0 Å². The highest BCUT2D eigenvalue weighted by atomic mass is 16.5. The number of aryl methyl sites for hydroxylation is 1. The molecule has 7 nitrogen and oxygen atoms in total. The van der Waals surface area contributed by atoms with Crippen LogP contribution in [0.2, 0.25) is 0 Å². The van der Waals surface area contributed by atoms with Gasteiger partial charge in [-0.1, -0.05) is 48.5 Å². The van der Waals surface area contributed by atoms with Crippen LogP contribution < -0.4 is 5.32 Å². The number of nitrogens with zero attached hydrogens (tertiary/aromatic N) is 1. The Morgan fingerprint density at radius 3 is 2.37 bits per heavy atom. The minimum atomic E-state index is -0.483. The van der Waals surface area contributed by atoms with Crippen LogP contribution in [-0.4, -0.2) is 35.3 Å². The number of benzene rings is 2. The number of alkyl carbamates (subject to hydrolysis) is 1. The molecule has 7 heteroatoms. The van der Waals surface area contributed by atoms with Gasteiger partial charge < -0.3 is 19.9 Å². The van der Waals surface area contributed by atoms with Crippen molar-refractivity contribution < 1.29 is 24.2 Å². The summed E-state index contributed by atoms with van der Waals surface area (Å²) in [6, 6.07) is 17.3. The van der Waals surface area contributed by atoms with Crippen molar-refractivity contribution in [1.29, 1.82) is 0 Å². The molecule has 0 aliphatic rings. The fraction of sp³-hybridized carbons (Fsp3) is 0.321. The van der Waals surface area contributed by atoms with Gasteiger partial charge in [0.25, 0.3) is 0 Å². The Kier molecular flexibility index (Phi) is 10.3. The molecule has 35 heavy (non-hydrogen) atoms. The van der Waals surface area contributed by atoms with Gasteiger partial charge in [0.15, 0.2) is 0 Å². The Balaban J connectivity index is 1.72. The molecule has 0 bridgehead atoms. The molecule has 0 radical (unpaired) electrons. The molecule has 0 fully saturated rings. The topological polar surface area (TPSA) is 97.8 Å². The quantitative estimate of drug-likeness (QED) is 0.382. The average molecular weight is 477 g/mol. The summed E-state index contributed by atoms with van der Waals surface area (Å²) in [5.41, 5.74) is 5.78. The number of aromatic nitrogens is 1. The van der Waals surface area contributed by atoms with E-state index in [1.165, 1.54) is 0 Å². The van der Waals surface area contributed by atoms with Crippen LogP contribution in [0.3, 0.4) is 0 Å². The Labute approximate surface area is 206 Å². The summed E-state index contributed by atoms with van der Waals surface area (Å²) in [6.07, 6.45) is 5.00. The molecule has 1 amide bonds. The number of nitrogens with one attached hydrogen (secondary N) is 1. The maximum atomic E-state index is 12.2. The van der Waals surface area contributed by atoms with Gasteiger partial charge in [-0.05, 0) is 65.6 Å². The first-order valence-corrected chi connectivity index (χ1v) is 11.8. The van der Waals surface area contributed by atoms with E-state index in [0.29, 0.717) is 32.4 Å². The highest BCUT2D eigenvalue weighted by Gasteiger charge is 2.14. The molecule has 3 rings (SSSR count). The summed E-state index contributed by atoms with van der Waals surface area (Å²) in [6.45, 7) is 2.60. The van der Waals surface area contributed by atoms with E-state index in [1.807, 2.05) is 60.8 Å². The molecule has 184 valence electrons. The number of aliphatic hydroxyl groups excluding tert-OH is 1. The lowest BCUT2D eigenvalue weighted by Gasteiger charge is -2.18. The fourth-order valence-electron chi connectivity index (χ4n) is 3.88. The molecule has 0 atom stereocenters. The Morgan fingerprint density at radius 1 is 0.943 bits per heavy atom. The zero-order valence-corrected chi connectivity index (χ0v) is 20.0. The van der Waals surface area contributed by atoms with Gasteiger partial charge in [0.1, 0.15) is 6.61 Å². The summed E-state index contributed by atoms with van der Waals surface area (Å²) in [7, 11) is 0. The van der Waals surface area contributed by atoms with Crippen molar-refractivity contribution in [3.05, 3.63) is 100 Å². The minimum absolute atomic E-state index is 0.112. The van der Waals surface area contributed by atoms with Crippen molar-refractivity contribution in [2.45, 2.75) is 45.8 Å². The highest BCUT2D eigenvalue weighted by Crippen LogP contribution is 2.24. The third kappa shape index (κ3) is 8.54. The van der Waals surface area contributed by atoms with Crippen LogP contribution in [0, 0.1) is 0 Å². The number of aliphatic hydroxyl groups is 1. The Bertz CT molecular complexity index is 1090.